The molecule has 0 aliphatic carbocycles. The monoisotopic (exact) mass is 383 g/mol. The lowest BCUT2D eigenvalue weighted by molar-refractivity contribution is 0.0426. The lowest BCUT2D eigenvalue weighted by atomic mass is 10.2. The van der Waals surface area contributed by atoms with Crippen molar-refractivity contribution >= 4 is 38.3 Å². The third kappa shape index (κ3) is 4.74. The molecule has 0 atom stereocenters. The zero-order valence-corrected chi connectivity index (χ0v) is 13.9. The van der Waals surface area contributed by atoms with Gasteiger partial charge >= 0.3 is 0 Å². The number of rotatable bonds is 5. The summed E-state index contributed by atoms with van der Waals surface area (Å²) < 4.78 is 32.7. The Kier molecular flexibility index (Phi) is 5.02. The SMILES string of the molecule is COC(C)(C)CS(=O)(=O)Nc1ccc(C)c(I)c1. The third-order valence-corrected chi connectivity index (χ3v) is 5.32. The van der Waals surface area contributed by atoms with E-state index in [1.807, 2.05) is 19.1 Å². The Balaban J connectivity index is 2.86. The van der Waals surface area contributed by atoms with Crippen LogP contribution in [0.2, 0.25) is 0 Å². The second-order valence-corrected chi connectivity index (χ2v) is 7.67. The molecule has 4 nitrogen and oxygen atoms in total. The number of sulfonamides is 1. The lowest BCUT2D eigenvalue weighted by Gasteiger charge is -2.22. The van der Waals surface area contributed by atoms with Crippen molar-refractivity contribution in [2.45, 2.75) is 26.4 Å². The zero-order chi connectivity index (χ0) is 14.0. The van der Waals surface area contributed by atoms with Gasteiger partial charge in [0.1, 0.15) is 0 Å². The standard InChI is InChI=1S/C12H18INO3S/c1-9-5-6-10(7-11(9)13)14-18(15,16)8-12(2,3)17-4/h5-7,14H,8H2,1-4H3. The van der Waals surface area contributed by atoms with Gasteiger partial charge in [0, 0.05) is 16.4 Å². The zero-order valence-electron chi connectivity index (χ0n) is 11.0. The number of ether oxygens (including phenoxy) is 1. The summed E-state index contributed by atoms with van der Waals surface area (Å²) in [4.78, 5) is 0. The first kappa shape index (κ1) is 15.7. The molecule has 0 fully saturated rings. The topological polar surface area (TPSA) is 55.4 Å². The van der Waals surface area contributed by atoms with Crippen LogP contribution in [0.3, 0.4) is 0 Å². The molecule has 0 aliphatic rings. The predicted molar refractivity (Wildman–Crippen MR) is 82.4 cm³/mol. The van der Waals surface area contributed by atoms with Gasteiger partial charge in [-0.3, -0.25) is 4.72 Å². The van der Waals surface area contributed by atoms with E-state index in [0.717, 1.165) is 9.13 Å². The summed E-state index contributed by atoms with van der Waals surface area (Å²) in [6, 6.07) is 5.46. The molecule has 1 aromatic rings. The summed E-state index contributed by atoms with van der Waals surface area (Å²) in [6.07, 6.45) is 0. The van der Waals surface area contributed by atoms with Crippen LogP contribution in [0.1, 0.15) is 19.4 Å². The average Bonchev–Trinajstić information content (AvgIpc) is 2.21. The minimum atomic E-state index is -3.41. The maximum absolute atomic E-state index is 12.0. The van der Waals surface area contributed by atoms with Crippen LogP contribution in [0.25, 0.3) is 0 Å². The van der Waals surface area contributed by atoms with Gasteiger partial charge in [-0.25, -0.2) is 8.42 Å². The molecule has 102 valence electrons. The highest BCUT2D eigenvalue weighted by molar-refractivity contribution is 14.1. The molecule has 0 heterocycles. The Hall–Kier alpha value is -0.340. The molecule has 6 heteroatoms. The molecule has 0 saturated heterocycles. The van der Waals surface area contributed by atoms with Crippen molar-refractivity contribution in [3.05, 3.63) is 27.3 Å². The fourth-order valence-electron chi connectivity index (χ4n) is 1.39. The Morgan fingerprint density at radius 2 is 2.00 bits per heavy atom. The Labute approximate surface area is 122 Å². The molecule has 0 radical (unpaired) electrons. The van der Waals surface area contributed by atoms with E-state index < -0.39 is 15.6 Å². The van der Waals surface area contributed by atoms with Crippen LogP contribution >= 0.6 is 22.6 Å². The molecule has 0 saturated carbocycles. The number of methoxy groups -OCH3 is 1. The van der Waals surface area contributed by atoms with Gasteiger partial charge in [0.25, 0.3) is 0 Å². The minimum Gasteiger partial charge on any atom is -0.378 e. The van der Waals surface area contributed by atoms with Crippen molar-refractivity contribution < 1.29 is 13.2 Å². The van der Waals surface area contributed by atoms with Gasteiger partial charge in [-0.1, -0.05) is 6.07 Å². The molecule has 1 aromatic carbocycles. The maximum Gasteiger partial charge on any atom is 0.235 e. The molecule has 1 rings (SSSR count). The molecule has 0 aliphatic heterocycles. The van der Waals surface area contributed by atoms with Crippen LogP contribution in [0.15, 0.2) is 18.2 Å². The highest BCUT2D eigenvalue weighted by Gasteiger charge is 2.25. The first-order valence-electron chi connectivity index (χ1n) is 5.47. The Bertz CT molecular complexity index is 526. The largest absolute Gasteiger partial charge is 0.378 e. The second-order valence-electron chi connectivity index (χ2n) is 4.79. The summed E-state index contributed by atoms with van der Waals surface area (Å²) in [6.45, 7) is 5.46. The van der Waals surface area contributed by atoms with Crippen molar-refractivity contribution in [2.75, 3.05) is 17.6 Å². The van der Waals surface area contributed by atoms with E-state index in [2.05, 4.69) is 27.3 Å². The molecule has 0 unspecified atom stereocenters. The van der Waals surface area contributed by atoms with Crippen LogP contribution in [-0.4, -0.2) is 26.9 Å². The van der Waals surface area contributed by atoms with E-state index in [-0.39, 0.29) is 5.75 Å². The van der Waals surface area contributed by atoms with E-state index in [4.69, 9.17) is 4.74 Å². The number of hydrogen-bond donors (Lipinski definition) is 1. The summed E-state index contributed by atoms with van der Waals surface area (Å²) >= 11 is 2.18. The number of halogens is 1. The van der Waals surface area contributed by atoms with Gasteiger partial charge in [-0.05, 0) is 61.1 Å². The molecule has 18 heavy (non-hydrogen) atoms. The van der Waals surface area contributed by atoms with E-state index >= 15 is 0 Å². The Morgan fingerprint density at radius 1 is 1.39 bits per heavy atom. The predicted octanol–water partition coefficient (Wildman–Crippen LogP) is 2.77. The molecular weight excluding hydrogens is 365 g/mol. The number of nitrogens with one attached hydrogen (secondary N) is 1. The van der Waals surface area contributed by atoms with Gasteiger partial charge in [0.05, 0.1) is 11.4 Å². The second kappa shape index (κ2) is 5.75. The van der Waals surface area contributed by atoms with Crippen molar-refractivity contribution in [2.24, 2.45) is 0 Å². The summed E-state index contributed by atoms with van der Waals surface area (Å²) in [5, 5.41) is 0. The first-order chi connectivity index (χ1) is 8.15. The molecule has 1 N–H and O–H groups in total. The number of aryl methyl sites for hydroxylation is 1. The van der Waals surface area contributed by atoms with Crippen LogP contribution in [0, 0.1) is 10.5 Å². The molecule has 0 spiro atoms. The smallest absolute Gasteiger partial charge is 0.235 e. The number of hydrogen-bond acceptors (Lipinski definition) is 3. The van der Waals surface area contributed by atoms with Crippen LogP contribution in [-0.2, 0) is 14.8 Å². The highest BCUT2D eigenvalue weighted by Crippen LogP contribution is 2.19. The molecule has 0 amide bonds. The Morgan fingerprint density at radius 3 is 2.50 bits per heavy atom. The van der Waals surface area contributed by atoms with Gasteiger partial charge in [-0.15, -0.1) is 0 Å². The fraction of sp³-hybridized carbons (Fsp3) is 0.500. The van der Waals surface area contributed by atoms with Gasteiger partial charge < -0.3 is 4.74 Å². The summed E-state index contributed by atoms with van der Waals surface area (Å²) in [5.41, 5.74) is 0.997. The van der Waals surface area contributed by atoms with Gasteiger partial charge in [0.2, 0.25) is 10.0 Å². The van der Waals surface area contributed by atoms with E-state index in [9.17, 15) is 8.42 Å². The van der Waals surface area contributed by atoms with Gasteiger partial charge in [-0.2, -0.15) is 0 Å². The fourth-order valence-corrected chi connectivity index (χ4v) is 3.50. The van der Waals surface area contributed by atoms with E-state index in [0.29, 0.717) is 5.69 Å². The van der Waals surface area contributed by atoms with Crippen molar-refractivity contribution in [3.8, 4) is 0 Å². The van der Waals surface area contributed by atoms with Crippen molar-refractivity contribution in [1.29, 1.82) is 0 Å². The quantitative estimate of drug-likeness (QED) is 0.796. The van der Waals surface area contributed by atoms with E-state index in [1.54, 1.807) is 19.9 Å². The summed E-state index contributed by atoms with van der Waals surface area (Å²) in [7, 11) is -1.91. The third-order valence-electron chi connectivity index (χ3n) is 2.54. The molecule has 0 aromatic heterocycles. The van der Waals surface area contributed by atoms with Crippen LogP contribution < -0.4 is 4.72 Å². The van der Waals surface area contributed by atoms with Crippen LogP contribution in [0.5, 0.6) is 0 Å². The van der Waals surface area contributed by atoms with Gasteiger partial charge in [0.15, 0.2) is 0 Å². The molecule has 0 bridgehead atoms. The molecular formula is C12H18INO3S. The van der Waals surface area contributed by atoms with Crippen molar-refractivity contribution in [1.82, 2.24) is 0 Å². The maximum atomic E-state index is 12.0. The first-order valence-corrected chi connectivity index (χ1v) is 8.20. The van der Waals surface area contributed by atoms with Crippen LogP contribution in [0.4, 0.5) is 5.69 Å². The average molecular weight is 383 g/mol. The minimum absolute atomic E-state index is 0.0824. The van der Waals surface area contributed by atoms with Crippen molar-refractivity contribution in [3.63, 3.8) is 0 Å². The van der Waals surface area contributed by atoms with E-state index in [1.165, 1.54) is 7.11 Å². The highest BCUT2D eigenvalue weighted by atomic mass is 127. The normalized spacial score (nSPS) is 12.5. The summed E-state index contributed by atoms with van der Waals surface area (Å²) in [5.74, 6) is -0.0824. The lowest BCUT2D eigenvalue weighted by Crippen LogP contribution is -2.35. The number of anilines is 1. The number of benzene rings is 1.